The van der Waals surface area contributed by atoms with Gasteiger partial charge < -0.3 is 10.0 Å². The fourth-order valence-electron chi connectivity index (χ4n) is 1.19. The van der Waals surface area contributed by atoms with E-state index >= 15 is 0 Å². The van der Waals surface area contributed by atoms with E-state index in [1.807, 2.05) is 0 Å². The summed E-state index contributed by atoms with van der Waals surface area (Å²) in [5, 5.41) is 23.4. The summed E-state index contributed by atoms with van der Waals surface area (Å²) >= 11 is 0. The molecule has 8 nitrogen and oxygen atoms in total. The number of likely N-dealkylation sites (N-methyl/N-ethyl adjacent to an activating group) is 1. The molecule has 0 aliphatic rings. The van der Waals surface area contributed by atoms with Gasteiger partial charge in [0.1, 0.15) is 12.2 Å². The third kappa shape index (κ3) is 2.10. The summed E-state index contributed by atoms with van der Waals surface area (Å²) in [7, 11) is 2.99. The molecule has 0 saturated carbocycles. The van der Waals surface area contributed by atoms with Gasteiger partial charge in [-0.2, -0.15) is 0 Å². The molecule has 88 valence electrons. The number of anilines is 1. The van der Waals surface area contributed by atoms with Crippen LogP contribution in [0.15, 0.2) is 6.20 Å². The molecular formula is C8H12N4O4. The summed E-state index contributed by atoms with van der Waals surface area (Å²) in [5.74, 6) is -1.02. The van der Waals surface area contributed by atoms with Crippen LogP contribution in [-0.4, -0.2) is 38.9 Å². The zero-order valence-electron chi connectivity index (χ0n) is 9.12. The molecule has 16 heavy (non-hydrogen) atoms. The molecule has 0 fully saturated rings. The van der Waals surface area contributed by atoms with E-state index in [1.165, 1.54) is 36.8 Å². The van der Waals surface area contributed by atoms with Crippen molar-refractivity contribution in [3.05, 3.63) is 16.3 Å². The summed E-state index contributed by atoms with van der Waals surface area (Å²) in [4.78, 5) is 22.1. The predicted molar refractivity (Wildman–Crippen MR) is 55.4 cm³/mol. The summed E-state index contributed by atoms with van der Waals surface area (Å²) in [5.41, 5.74) is -0.210. The lowest BCUT2D eigenvalue weighted by molar-refractivity contribution is -0.384. The van der Waals surface area contributed by atoms with Crippen LogP contribution in [0.1, 0.15) is 6.92 Å². The number of aliphatic carboxylic acids is 1. The van der Waals surface area contributed by atoms with Crippen LogP contribution in [0, 0.1) is 10.1 Å². The van der Waals surface area contributed by atoms with E-state index in [9.17, 15) is 14.9 Å². The molecular weight excluding hydrogens is 216 g/mol. The second-order valence-corrected chi connectivity index (χ2v) is 3.39. The first-order chi connectivity index (χ1) is 7.34. The van der Waals surface area contributed by atoms with Gasteiger partial charge in [-0.05, 0) is 6.92 Å². The quantitative estimate of drug-likeness (QED) is 0.585. The maximum Gasteiger partial charge on any atom is 0.330 e. The van der Waals surface area contributed by atoms with Gasteiger partial charge in [0, 0.05) is 14.1 Å². The van der Waals surface area contributed by atoms with Crippen molar-refractivity contribution in [2.45, 2.75) is 13.0 Å². The number of hydrogen-bond acceptors (Lipinski definition) is 5. The van der Waals surface area contributed by atoms with Gasteiger partial charge in [-0.1, -0.05) is 0 Å². The summed E-state index contributed by atoms with van der Waals surface area (Å²) in [6, 6.07) is -0.881. The number of nitro groups is 1. The van der Waals surface area contributed by atoms with Crippen LogP contribution in [0.25, 0.3) is 0 Å². The van der Waals surface area contributed by atoms with Gasteiger partial charge in [-0.3, -0.25) is 14.8 Å². The SMILES string of the molecule is CC(C(=O)O)N(C)c1nn(C)cc1[N+](=O)[O-]. The van der Waals surface area contributed by atoms with Gasteiger partial charge in [0.15, 0.2) is 0 Å². The number of hydrogen-bond donors (Lipinski definition) is 1. The fraction of sp³-hybridized carbons (Fsp3) is 0.500. The van der Waals surface area contributed by atoms with E-state index in [4.69, 9.17) is 5.11 Å². The van der Waals surface area contributed by atoms with Gasteiger partial charge in [0.25, 0.3) is 0 Å². The first-order valence-corrected chi connectivity index (χ1v) is 4.48. The molecule has 1 N–H and O–H groups in total. The van der Waals surface area contributed by atoms with Gasteiger partial charge >= 0.3 is 11.7 Å². The second kappa shape index (κ2) is 4.17. The average Bonchev–Trinajstić information content (AvgIpc) is 2.58. The molecule has 1 atom stereocenters. The maximum absolute atomic E-state index is 10.8. The molecule has 0 saturated heterocycles. The van der Waals surface area contributed by atoms with Crippen molar-refractivity contribution < 1.29 is 14.8 Å². The third-order valence-corrected chi connectivity index (χ3v) is 2.26. The zero-order valence-corrected chi connectivity index (χ0v) is 9.12. The highest BCUT2D eigenvalue weighted by atomic mass is 16.6. The van der Waals surface area contributed by atoms with Crippen LogP contribution < -0.4 is 4.90 Å². The van der Waals surface area contributed by atoms with Crippen LogP contribution in [0.5, 0.6) is 0 Å². The minimum Gasteiger partial charge on any atom is -0.480 e. The van der Waals surface area contributed by atoms with Crippen molar-refractivity contribution in [2.75, 3.05) is 11.9 Å². The Morgan fingerprint density at radius 2 is 2.31 bits per heavy atom. The molecule has 1 aromatic rings. The molecule has 0 spiro atoms. The van der Waals surface area contributed by atoms with Crippen LogP contribution in [-0.2, 0) is 11.8 Å². The molecule has 8 heteroatoms. The zero-order chi connectivity index (χ0) is 12.5. The van der Waals surface area contributed by atoms with Crippen molar-refractivity contribution in [1.29, 1.82) is 0 Å². The Hall–Kier alpha value is -2.12. The molecule has 0 bridgehead atoms. The Kier molecular flexibility index (Phi) is 3.11. The Morgan fingerprint density at radius 3 is 2.75 bits per heavy atom. The molecule has 1 aromatic heterocycles. The molecule has 1 unspecified atom stereocenters. The Morgan fingerprint density at radius 1 is 1.75 bits per heavy atom. The van der Waals surface area contributed by atoms with Gasteiger partial charge in [-0.15, -0.1) is 5.10 Å². The van der Waals surface area contributed by atoms with Crippen LogP contribution in [0.4, 0.5) is 11.5 Å². The third-order valence-electron chi connectivity index (χ3n) is 2.26. The van der Waals surface area contributed by atoms with Crippen molar-refractivity contribution in [3.8, 4) is 0 Å². The largest absolute Gasteiger partial charge is 0.480 e. The smallest absolute Gasteiger partial charge is 0.330 e. The molecule has 1 heterocycles. The Labute approximate surface area is 91.2 Å². The van der Waals surface area contributed by atoms with E-state index in [2.05, 4.69) is 5.10 Å². The van der Waals surface area contributed by atoms with E-state index < -0.39 is 16.9 Å². The van der Waals surface area contributed by atoms with Crippen LogP contribution in [0.3, 0.4) is 0 Å². The minimum atomic E-state index is -1.07. The van der Waals surface area contributed by atoms with Crippen molar-refractivity contribution in [3.63, 3.8) is 0 Å². The normalized spacial score (nSPS) is 12.2. The van der Waals surface area contributed by atoms with Crippen molar-refractivity contribution in [2.24, 2.45) is 7.05 Å². The number of aromatic nitrogens is 2. The topological polar surface area (TPSA) is 102 Å². The van der Waals surface area contributed by atoms with E-state index in [0.29, 0.717) is 0 Å². The molecule has 0 aliphatic heterocycles. The Bertz CT molecular complexity index is 428. The molecule has 1 rings (SSSR count). The average molecular weight is 228 g/mol. The van der Waals surface area contributed by atoms with Crippen molar-refractivity contribution in [1.82, 2.24) is 9.78 Å². The van der Waals surface area contributed by atoms with Gasteiger partial charge in [0.05, 0.1) is 4.92 Å². The lowest BCUT2D eigenvalue weighted by atomic mass is 10.3. The van der Waals surface area contributed by atoms with Crippen LogP contribution >= 0.6 is 0 Å². The molecule has 0 aliphatic carbocycles. The number of carboxylic acid groups (broad SMARTS) is 1. The highest BCUT2D eigenvalue weighted by molar-refractivity contribution is 5.78. The van der Waals surface area contributed by atoms with E-state index in [1.54, 1.807) is 0 Å². The molecule has 0 amide bonds. The number of carbonyl (C=O) groups is 1. The van der Waals surface area contributed by atoms with Gasteiger partial charge in [0.2, 0.25) is 5.82 Å². The standard InChI is InChI=1S/C8H12N4O4/c1-5(8(13)14)11(3)7-6(12(15)16)4-10(2)9-7/h4-5H,1-3H3,(H,13,14). The van der Waals surface area contributed by atoms with E-state index in [-0.39, 0.29) is 11.5 Å². The van der Waals surface area contributed by atoms with E-state index in [0.717, 1.165) is 0 Å². The molecule has 0 radical (unpaired) electrons. The number of nitrogens with zero attached hydrogens (tertiary/aromatic N) is 4. The maximum atomic E-state index is 10.8. The first kappa shape index (κ1) is 12.0. The lowest BCUT2D eigenvalue weighted by Crippen LogP contribution is -2.36. The minimum absolute atomic E-state index is 0.0439. The summed E-state index contributed by atoms with van der Waals surface area (Å²) < 4.78 is 1.28. The summed E-state index contributed by atoms with van der Waals surface area (Å²) in [6.07, 6.45) is 1.24. The number of carboxylic acids is 1. The lowest BCUT2D eigenvalue weighted by Gasteiger charge is -2.19. The molecule has 0 aromatic carbocycles. The fourth-order valence-corrected chi connectivity index (χ4v) is 1.19. The van der Waals surface area contributed by atoms with Gasteiger partial charge in [-0.25, -0.2) is 4.79 Å². The highest BCUT2D eigenvalue weighted by Crippen LogP contribution is 2.26. The monoisotopic (exact) mass is 228 g/mol. The number of rotatable bonds is 4. The van der Waals surface area contributed by atoms with Crippen LogP contribution in [0.2, 0.25) is 0 Å². The second-order valence-electron chi connectivity index (χ2n) is 3.39. The van der Waals surface area contributed by atoms with Crippen molar-refractivity contribution >= 4 is 17.5 Å². The summed E-state index contributed by atoms with van der Waals surface area (Å²) in [6.45, 7) is 1.43. The Balaban J connectivity index is 3.12. The first-order valence-electron chi connectivity index (χ1n) is 4.48. The predicted octanol–water partition coefficient (Wildman–Crippen LogP) is 0.238. The number of aryl methyl sites for hydroxylation is 1. The highest BCUT2D eigenvalue weighted by Gasteiger charge is 2.27.